The lowest BCUT2D eigenvalue weighted by Crippen LogP contribution is -2.15. The summed E-state index contributed by atoms with van der Waals surface area (Å²) < 4.78 is 40.6. The zero-order valence-electron chi connectivity index (χ0n) is 10.2. The highest BCUT2D eigenvalue weighted by molar-refractivity contribution is 9.10. The van der Waals surface area contributed by atoms with Gasteiger partial charge in [-0.25, -0.2) is 12.8 Å². The van der Waals surface area contributed by atoms with Crippen LogP contribution in [-0.2, 0) is 10.0 Å². The van der Waals surface area contributed by atoms with Crippen LogP contribution in [0.15, 0.2) is 39.7 Å². The van der Waals surface area contributed by atoms with Crippen LogP contribution in [0.5, 0.6) is 0 Å². The molecule has 2 rings (SSSR count). The summed E-state index contributed by atoms with van der Waals surface area (Å²) >= 11 is 15.0. The van der Waals surface area contributed by atoms with E-state index < -0.39 is 21.5 Å². The highest BCUT2D eigenvalue weighted by Crippen LogP contribution is 2.37. The third-order valence-corrected chi connectivity index (χ3v) is 5.78. The van der Waals surface area contributed by atoms with Gasteiger partial charge in [0, 0.05) is 4.47 Å². The molecule has 2 aromatic rings. The van der Waals surface area contributed by atoms with Crippen molar-refractivity contribution in [2.75, 3.05) is 10.5 Å². The van der Waals surface area contributed by atoms with Crippen LogP contribution in [-0.4, -0.2) is 8.42 Å². The molecule has 0 saturated carbocycles. The molecule has 0 radical (unpaired) electrons. The second-order valence-corrected chi connectivity index (χ2v) is 7.24. The van der Waals surface area contributed by atoms with E-state index >= 15 is 0 Å². The number of nitrogen functional groups attached to an aromatic ring is 1. The van der Waals surface area contributed by atoms with E-state index in [1.165, 1.54) is 24.3 Å². The lowest BCUT2D eigenvalue weighted by Gasteiger charge is -2.12. The number of halogens is 4. The Morgan fingerprint density at radius 2 is 1.81 bits per heavy atom. The van der Waals surface area contributed by atoms with Gasteiger partial charge in [-0.3, -0.25) is 4.72 Å². The summed E-state index contributed by atoms with van der Waals surface area (Å²) in [5.41, 5.74) is 5.05. The minimum absolute atomic E-state index is 0.0181. The SMILES string of the molecule is Nc1c(F)cccc1S(=O)(=O)Nc1ccc(Br)c(Cl)c1Cl. The Morgan fingerprint density at radius 3 is 2.48 bits per heavy atom. The van der Waals surface area contributed by atoms with Crippen molar-refractivity contribution in [3.05, 3.63) is 50.7 Å². The Kier molecular flexibility index (Phi) is 4.67. The van der Waals surface area contributed by atoms with Crippen LogP contribution in [0.25, 0.3) is 0 Å². The minimum atomic E-state index is -4.09. The van der Waals surface area contributed by atoms with E-state index in [-0.39, 0.29) is 20.6 Å². The van der Waals surface area contributed by atoms with Crippen molar-refractivity contribution >= 4 is 60.5 Å². The molecule has 0 aliphatic rings. The molecular weight excluding hydrogens is 406 g/mol. The fraction of sp³-hybridized carbons (Fsp3) is 0. The first kappa shape index (κ1) is 16.4. The van der Waals surface area contributed by atoms with Crippen molar-refractivity contribution in [2.45, 2.75) is 4.90 Å². The maximum Gasteiger partial charge on any atom is 0.264 e. The van der Waals surface area contributed by atoms with Gasteiger partial charge in [0.1, 0.15) is 10.7 Å². The number of rotatable bonds is 3. The van der Waals surface area contributed by atoms with E-state index in [1.807, 2.05) is 0 Å². The van der Waals surface area contributed by atoms with Gasteiger partial charge in [0.15, 0.2) is 0 Å². The molecule has 0 heterocycles. The molecule has 2 aromatic carbocycles. The first-order chi connectivity index (χ1) is 9.74. The van der Waals surface area contributed by atoms with Crippen LogP contribution in [0.1, 0.15) is 0 Å². The molecule has 112 valence electrons. The molecule has 9 heteroatoms. The molecular formula is C12H8BrCl2FN2O2S. The van der Waals surface area contributed by atoms with E-state index in [1.54, 1.807) is 0 Å². The van der Waals surface area contributed by atoms with Gasteiger partial charge in [0.2, 0.25) is 0 Å². The lowest BCUT2D eigenvalue weighted by molar-refractivity contribution is 0.597. The number of hydrogen-bond donors (Lipinski definition) is 2. The third kappa shape index (κ3) is 3.26. The van der Waals surface area contributed by atoms with Gasteiger partial charge >= 0.3 is 0 Å². The molecule has 0 saturated heterocycles. The number of benzene rings is 2. The predicted octanol–water partition coefficient (Wildman–Crippen LogP) is 4.28. The first-order valence-corrected chi connectivity index (χ1v) is 8.47. The predicted molar refractivity (Wildman–Crippen MR) is 85.8 cm³/mol. The van der Waals surface area contributed by atoms with E-state index in [2.05, 4.69) is 20.7 Å². The van der Waals surface area contributed by atoms with E-state index in [0.717, 1.165) is 6.07 Å². The molecule has 3 N–H and O–H groups in total. The highest BCUT2D eigenvalue weighted by Gasteiger charge is 2.21. The molecule has 0 aliphatic carbocycles. The van der Waals surface area contributed by atoms with Crippen LogP contribution in [0.3, 0.4) is 0 Å². The standard InChI is InChI=1S/C12H8BrCl2FN2O2S/c13-6-4-5-8(11(15)10(6)14)18-21(19,20)9-3-1-2-7(16)12(9)17/h1-5,18H,17H2. The van der Waals surface area contributed by atoms with Crippen molar-refractivity contribution in [2.24, 2.45) is 0 Å². The van der Waals surface area contributed by atoms with Crippen LogP contribution < -0.4 is 10.5 Å². The highest BCUT2D eigenvalue weighted by atomic mass is 79.9. The summed E-state index contributed by atoms with van der Waals surface area (Å²) in [6.45, 7) is 0. The van der Waals surface area contributed by atoms with Gasteiger partial charge in [-0.15, -0.1) is 0 Å². The van der Waals surface area contributed by atoms with Gasteiger partial charge in [0.25, 0.3) is 10.0 Å². The second kappa shape index (κ2) is 6.00. The van der Waals surface area contributed by atoms with Crippen molar-refractivity contribution in [1.29, 1.82) is 0 Å². The number of sulfonamides is 1. The zero-order valence-corrected chi connectivity index (χ0v) is 14.1. The molecule has 0 aromatic heterocycles. The summed E-state index contributed by atoms with van der Waals surface area (Å²) in [4.78, 5) is -0.377. The topological polar surface area (TPSA) is 72.2 Å². The largest absolute Gasteiger partial charge is 0.395 e. The second-order valence-electron chi connectivity index (χ2n) is 3.98. The number of hydrogen-bond acceptors (Lipinski definition) is 3. The molecule has 0 spiro atoms. The Balaban J connectivity index is 2.48. The fourth-order valence-electron chi connectivity index (χ4n) is 1.56. The average Bonchev–Trinajstić information content (AvgIpc) is 2.42. The van der Waals surface area contributed by atoms with Crippen LogP contribution in [0, 0.1) is 5.82 Å². The number of nitrogens with two attached hydrogens (primary N) is 1. The van der Waals surface area contributed by atoms with Crippen LogP contribution in [0.4, 0.5) is 15.8 Å². The van der Waals surface area contributed by atoms with E-state index in [9.17, 15) is 12.8 Å². The van der Waals surface area contributed by atoms with E-state index in [0.29, 0.717) is 4.47 Å². The Labute approximate surface area is 139 Å². The molecule has 0 fully saturated rings. The smallest absolute Gasteiger partial charge is 0.264 e. The maximum atomic E-state index is 13.4. The molecule has 0 atom stereocenters. The van der Waals surface area contributed by atoms with Gasteiger partial charge in [0.05, 0.1) is 21.4 Å². The van der Waals surface area contributed by atoms with Gasteiger partial charge < -0.3 is 5.73 Å². The minimum Gasteiger partial charge on any atom is -0.395 e. The summed E-state index contributed by atoms with van der Waals surface area (Å²) in [6, 6.07) is 6.45. The Morgan fingerprint density at radius 1 is 1.14 bits per heavy atom. The van der Waals surface area contributed by atoms with Gasteiger partial charge in [-0.1, -0.05) is 29.3 Å². The van der Waals surface area contributed by atoms with Crippen molar-refractivity contribution in [1.82, 2.24) is 0 Å². The molecule has 0 amide bonds. The first-order valence-electron chi connectivity index (χ1n) is 5.44. The average molecular weight is 414 g/mol. The van der Waals surface area contributed by atoms with Crippen LogP contribution in [0.2, 0.25) is 10.0 Å². The number of para-hydroxylation sites is 1. The Hall–Kier alpha value is -1.02. The molecule has 0 aliphatic heterocycles. The zero-order chi connectivity index (χ0) is 15.8. The normalized spacial score (nSPS) is 11.4. The van der Waals surface area contributed by atoms with Crippen LogP contribution >= 0.6 is 39.1 Å². The van der Waals surface area contributed by atoms with Gasteiger partial charge in [-0.2, -0.15) is 0 Å². The summed E-state index contributed by atoms with van der Waals surface area (Å²) in [7, 11) is -4.09. The molecule has 0 bridgehead atoms. The quantitative estimate of drug-likeness (QED) is 0.582. The van der Waals surface area contributed by atoms with Gasteiger partial charge in [-0.05, 0) is 40.2 Å². The van der Waals surface area contributed by atoms with Crippen molar-refractivity contribution in [3.63, 3.8) is 0 Å². The number of anilines is 2. The monoisotopic (exact) mass is 412 g/mol. The third-order valence-electron chi connectivity index (χ3n) is 2.58. The van der Waals surface area contributed by atoms with E-state index in [4.69, 9.17) is 28.9 Å². The Bertz CT molecular complexity index is 815. The van der Waals surface area contributed by atoms with Crippen molar-refractivity contribution in [3.8, 4) is 0 Å². The fourth-order valence-corrected chi connectivity index (χ4v) is 3.65. The summed E-state index contributed by atoms with van der Waals surface area (Å²) in [5.74, 6) is -0.821. The summed E-state index contributed by atoms with van der Waals surface area (Å²) in [6.07, 6.45) is 0. The molecule has 21 heavy (non-hydrogen) atoms. The van der Waals surface area contributed by atoms with Crippen molar-refractivity contribution < 1.29 is 12.8 Å². The molecule has 0 unspecified atom stereocenters. The maximum absolute atomic E-state index is 13.4. The summed E-state index contributed by atoms with van der Waals surface area (Å²) in [5, 5.41) is 0.175. The number of nitrogens with one attached hydrogen (secondary N) is 1. The molecule has 4 nitrogen and oxygen atoms in total. The lowest BCUT2D eigenvalue weighted by atomic mass is 10.3.